The van der Waals surface area contributed by atoms with Crippen LogP contribution in [0.2, 0.25) is 0 Å². The number of unbranched alkanes of at least 4 members (excludes halogenated alkanes) is 2. The van der Waals surface area contributed by atoms with E-state index in [0.717, 1.165) is 25.0 Å². The van der Waals surface area contributed by atoms with Crippen molar-refractivity contribution in [2.24, 2.45) is 0 Å². The molecule has 0 saturated heterocycles. The summed E-state index contributed by atoms with van der Waals surface area (Å²) in [5.74, 6) is -0.174. The van der Waals surface area contributed by atoms with Gasteiger partial charge in [-0.1, -0.05) is 19.8 Å². The second-order valence-electron chi connectivity index (χ2n) is 5.19. The molecule has 106 valence electrons. The van der Waals surface area contributed by atoms with Crippen molar-refractivity contribution in [2.45, 2.75) is 53.0 Å². The maximum absolute atomic E-state index is 12.4. The molecule has 1 heterocycles. The smallest absolute Gasteiger partial charge is 0.259 e. The first-order valence-corrected chi connectivity index (χ1v) is 6.97. The second-order valence-corrected chi connectivity index (χ2v) is 5.19. The van der Waals surface area contributed by atoms with Gasteiger partial charge in [0, 0.05) is 30.5 Å². The molecule has 1 amide bonds. The van der Waals surface area contributed by atoms with Crippen LogP contribution in [0.5, 0.6) is 0 Å². The van der Waals surface area contributed by atoms with E-state index in [0.29, 0.717) is 6.54 Å². The SMILES string of the molecule is CCCCCN(C(=O)c1c[nH]c(C)cc1=O)C(C)C. The highest BCUT2D eigenvalue weighted by Gasteiger charge is 2.20. The summed E-state index contributed by atoms with van der Waals surface area (Å²) < 4.78 is 0. The summed E-state index contributed by atoms with van der Waals surface area (Å²) in [6.07, 6.45) is 4.71. The van der Waals surface area contributed by atoms with E-state index in [-0.39, 0.29) is 22.9 Å². The van der Waals surface area contributed by atoms with Crippen molar-refractivity contribution in [3.8, 4) is 0 Å². The highest BCUT2D eigenvalue weighted by atomic mass is 16.2. The Kier molecular flexibility index (Phi) is 5.80. The summed E-state index contributed by atoms with van der Waals surface area (Å²) in [6, 6.07) is 1.57. The fourth-order valence-electron chi connectivity index (χ4n) is 2.02. The Balaban J connectivity index is 2.90. The molecule has 0 aliphatic rings. The number of carbonyl (C=O) groups excluding carboxylic acids is 1. The predicted octanol–water partition coefficient (Wildman–Crippen LogP) is 2.72. The van der Waals surface area contributed by atoms with Crippen molar-refractivity contribution >= 4 is 5.91 Å². The van der Waals surface area contributed by atoms with Crippen molar-refractivity contribution in [2.75, 3.05) is 6.54 Å². The molecule has 0 saturated carbocycles. The lowest BCUT2D eigenvalue weighted by Gasteiger charge is -2.26. The number of aromatic nitrogens is 1. The van der Waals surface area contributed by atoms with E-state index < -0.39 is 0 Å². The average Bonchev–Trinajstić information content (AvgIpc) is 2.33. The summed E-state index contributed by atoms with van der Waals surface area (Å²) in [5.41, 5.74) is 0.793. The monoisotopic (exact) mass is 264 g/mol. The first-order chi connectivity index (χ1) is 8.97. The average molecular weight is 264 g/mol. The van der Waals surface area contributed by atoms with Crippen LogP contribution in [0.15, 0.2) is 17.1 Å². The quantitative estimate of drug-likeness (QED) is 0.803. The number of aryl methyl sites for hydroxylation is 1. The Hall–Kier alpha value is -1.58. The largest absolute Gasteiger partial charge is 0.364 e. The van der Waals surface area contributed by atoms with Gasteiger partial charge in [0.15, 0.2) is 5.43 Å². The lowest BCUT2D eigenvalue weighted by molar-refractivity contribution is 0.0700. The molecule has 1 aromatic rings. The van der Waals surface area contributed by atoms with Crippen LogP contribution in [-0.2, 0) is 0 Å². The van der Waals surface area contributed by atoms with Crippen LogP contribution in [0.3, 0.4) is 0 Å². The molecule has 0 bridgehead atoms. The van der Waals surface area contributed by atoms with Crippen molar-refractivity contribution in [3.05, 3.63) is 33.7 Å². The number of aromatic amines is 1. The normalized spacial score (nSPS) is 10.8. The van der Waals surface area contributed by atoms with Gasteiger partial charge < -0.3 is 9.88 Å². The lowest BCUT2D eigenvalue weighted by atomic mass is 10.1. The van der Waals surface area contributed by atoms with E-state index in [9.17, 15) is 9.59 Å². The molecule has 1 N–H and O–H groups in total. The van der Waals surface area contributed by atoms with E-state index in [4.69, 9.17) is 0 Å². The minimum atomic E-state index is -0.206. The number of carbonyl (C=O) groups is 1. The van der Waals surface area contributed by atoms with Crippen LogP contribution in [0.1, 0.15) is 56.1 Å². The molecule has 0 unspecified atom stereocenters. The molecule has 0 radical (unpaired) electrons. The zero-order valence-electron chi connectivity index (χ0n) is 12.3. The lowest BCUT2D eigenvalue weighted by Crippen LogP contribution is -2.39. The van der Waals surface area contributed by atoms with Crippen molar-refractivity contribution in [1.82, 2.24) is 9.88 Å². The molecule has 0 fully saturated rings. The molecule has 0 spiro atoms. The van der Waals surface area contributed by atoms with Gasteiger partial charge in [0.25, 0.3) is 5.91 Å². The number of rotatable bonds is 6. The number of amides is 1. The second kappa shape index (κ2) is 7.12. The van der Waals surface area contributed by atoms with Crippen LogP contribution in [-0.4, -0.2) is 28.4 Å². The van der Waals surface area contributed by atoms with Gasteiger partial charge >= 0.3 is 0 Å². The van der Waals surface area contributed by atoms with E-state index in [1.54, 1.807) is 11.8 Å². The highest BCUT2D eigenvalue weighted by molar-refractivity contribution is 5.94. The van der Waals surface area contributed by atoms with Crippen LogP contribution in [0.25, 0.3) is 0 Å². The summed E-state index contributed by atoms with van der Waals surface area (Å²) in [4.78, 5) is 29.0. The Morgan fingerprint density at radius 1 is 1.37 bits per heavy atom. The molecule has 19 heavy (non-hydrogen) atoms. The summed E-state index contributed by atoms with van der Waals surface area (Å²) in [5, 5.41) is 0. The van der Waals surface area contributed by atoms with E-state index in [1.165, 1.54) is 12.3 Å². The van der Waals surface area contributed by atoms with Crippen molar-refractivity contribution in [1.29, 1.82) is 0 Å². The zero-order valence-corrected chi connectivity index (χ0v) is 12.3. The van der Waals surface area contributed by atoms with E-state index >= 15 is 0 Å². The van der Waals surface area contributed by atoms with Crippen molar-refractivity contribution < 1.29 is 4.79 Å². The fraction of sp³-hybridized carbons (Fsp3) is 0.600. The number of hydrogen-bond acceptors (Lipinski definition) is 2. The first kappa shape index (κ1) is 15.5. The molecule has 4 nitrogen and oxygen atoms in total. The zero-order chi connectivity index (χ0) is 14.4. The molecule has 1 rings (SSSR count). The van der Waals surface area contributed by atoms with Gasteiger partial charge in [-0.25, -0.2) is 0 Å². The number of hydrogen-bond donors (Lipinski definition) is 1. The number of H-pyrrole nitrogens is 1. The predicted molar refractivity (Wildman–Crippen MR) is 77.5 cm³/mol. The minimum absolute atomic E-state index is 0.102. The number of nitrogens with zero attached hydrogens (tertiary/aromatic N) is 1. The third-order valence-electron chi connectivity index (χ3n) is 3.17. The summed E-state index contributed by atoms with van der Waals surface area (Å²) >= 11 is 0. The van der Waals surface area contributed by atoms with E-state index in [2.05, 4.69) is 11.9 Å². The third kappa shape index (κ3) is 4.23. The Morgan fingerprint density at radius 2 is 2.05 bits per heavy atom. The number of pyridine rings is 1. The molecule has 4 heteroatoms. The van der Waals surface area contributed by atoms with Gasteiger partial charge in [0.05, 0.1) is 0 Å². The van der Waals surface area contributed by atoms with Crippen LogP contribution >= 0.6 is 0 Å². The molecular formula is C15H24N2O2. The molecule has 0 atom stereocenters. The number of nitrogens with one attached hydrogen (secondary N) is 1. The van der Waals surface area contributed by atoms with Gasteiger partial charge in [-0.2, -0.15) is 0 Å². The Morgan fingerprint density at radius 3 is 2.58 bits per heavy atom. The van der Waals surface area contributed by atoms with Crippen LogP contribution in [0.4, 0.5) is 0 Å². The standard InChI is InChI=1S/C15H24N2O2/c1-5-6-7-8-17(11(2)3)15(19)13-10-16-12(4)9-14(13)18/h9-11H,5-8H2,1-4H3,(H,16,18). The topological polar surface area (TPSA) is 53.2 Å². The first-order valence-electron chi connectivity index (χ1n) is 6.97. The van der Waals surface area contributed by atoms with E-state index in [1.807, 2.05) is 13.8 Å². The Labute approximate surface area is 114 Å². The molecular weight excluding hydrogens is 240 g/mol. The molecule has 0 aliphatic carbocycles. The van der Waals surface area contributed by atoms with Gasteiger partial charge in [0.2, 0.25) is 0 Å². The fourth-order valence-corrected chi connectivity index (χ4v) is 2.02. The van der Waals surface area contributed by atoms with Crippen LogP contribution < -0.4 is 5.43 Å². The Bertz CT molecular complexity index is 477. The summed E-state index contributed by atoms with van der Waals surface area (Å²) in [7, 11) is 0. The molecule has 0 aliphatic heterocycles. The molecule has 1 aromatic heterocycles. The van der Waals surface area contributed by atoms with Gasteiger partial charge in [-0.05, 0) is 27.2 Å². The van der Waals surface area contributed by atoms with Gasteiger partial charge in [-0.15, -0.1) is 0 Å². The maximum Gasteiger partial charge on any atom is 0.259 e. The highest BCUT2D eigenvalue weighted by Crippen LogP contribution is 2.08. The molecule has 0 aromatic carbocycles. The maximum atomic E-state index is 12.4. The van der Waals surface area contributed by atoms with Crippen molar-refractivity contribution in [3.63, 3.8) is 0 Å². The third-order valence-corrected chi connectivity index (χ3v) is 3.17. The summed E-state index contributed by atoms with van der Waals surface area (Å²) in [6.45, 7) is 8.60. The van der Waals surface area contributed by atoms with Gasteiger partial charge in [-0.3, -0.25) is 9.59 Å². The minimum Gasteiger partial charge on any atom is -0.364 e. The van der Waals surface area contributed by atoms with Crippen LogP contribution in [0, 0.1) is 6.92 Å². The van der Waals surface area contributed by atoms with Gasteiger partial charge in [0.1, 0.15) is 5.56 Å².